The molecule has 1 atom stereocenters. The molecule has 0 heterocycles. The predicted octanol–water partition coefficient (Wildman–Crippen LogP) is 2.34. The zero-order valence-corrected chi connectivity index (χ0v) is 21.8. The fraction of sp³-hybridized carbons (Fsp3) is 0.864. The summed E-state index contributed by atoms with van der Waals surface area (Å²) in [5.41, 5.74) is 0. The molecule has 0 aromatic rings. The van der Waals surface area contributed by atoms with Crippen LogP contribution in [0.1, 0.15) is 73.1 Å². The average Bonchev–Trinajstić information content (AvgIpc) is 2.80. The van der Waals surface area contributed by atoms with E-state index in [1.807, 2.05) is 6.92 Å². The first-order valence-electron chi connectivity index (χ1n) is 12.7. The molecule has 0 aliphatic carbocycles. The van der Waals surface area contributed by atoms with Crippen molar-refractivity contribution in [3.8, 4) is 0 Å². The Labute approximate surface area is 203 Å². The summed E-state index contributed by atoms with van der Waals surface area (Å²) in [5, 5.41) is 14.3. The number of amides is 2. The van der Waals surface area contributed by atoms with Crippen LogP contribution in [0.2, 0.25) is 0 Å². The number of carbonyl (C=O) groups is 2. The van der Waals surface area contributed by atoms with Gasteiger partial charge in [-0.25, -0.2) is 4.67 Å². The normalized spacial score (nSPS) is 13.6. The SMILES string of the molecule is [2H]OCCCCC(=O)NCC(CNC(=O)CCCCO[2H])OP(OC=NCC)N(C(C)C)C(C)C. The molecule has 0 fully saturated rings. The summed E-state index contributed by atoms with van der Waals surface area (Å²) in [6, 6.07) is 0.277. The van der Waals surface area contributed by atoms with Gasteiger partial charge in [-0.2, -0.15) is 0 Å². The van der Waals surface area contributed by atoms with Gasteiger partial charge in [0.25, 0.3) is 0 Å². The highest BCUT2D eigenvalue weighted by Gasteiger charge is 2.31. The third-order valence-electron chi connectivity index (χ3n) is 4.53. The molecule has 0 saturated carbocycles. The van der Waals surface area contributed by atoms with Gasteiger partial charge in [0, 0.05) is 57.8 Å². The van der Waals surface area contributed by atoms with Gasteiger partial charge in [-0.15, -0.1) is 0 Å². The summed E-state index contributed by atoms with van der Waals surface area (Å²) >= 11 is 0. The first kappa shape index (κ1) is 27.9. The zero-order chi connectivity index (χ0) is 26.5. The van der Waals surface area contributed by atoms with Gasteiger partial charge < -0.3 is 29.9 Å². The number of nitrogens with one attached hydrogen (secondary N) is 2. The highest BCUT2D eigenvalue weighted by molar-refractivity contribution is 7.45. The number of hydrogen-bond acceptors (Lipinski definition) is 8. The third kappa shape index (κ3) is 16.0. The van der Waals surface area contributed by atoms with Crippen molar-refractivity contribution in [2.24, 2.45) is 4.99 Å². The molecule has 2 amide bonds. The Hall–Kier alpha value is -1.32. The monoisotopic (exact) mass is 494 g/mol. The van der Waals surface area contributed by atoms with E-state index in [9.17, 15) is 9.59 Å². The van der Waals surface area contributed by atoms with Crippen LogP contribution in [0.5, 0.6) is 0 Å². The number of aliphatic hydroxyl groups excluding tert-OH is 2. The molecule has 194 valence electrons. The highest BCUT2D eigenvalue weighted by Crippen LogP contribution is 2.46. The summed E-state index contributed by atoms with van der Waals surface area (Å²) < 4.78 is 27.7. The van der Waals surface area contributed by atoms with Crippen molar-refractivity contribution < 1.29 is 28.9 Å². The minimum atomic E-state index is -1.54. The Morgan fingerprint density at radius 1 is 1.00 bits per heavy atom. The molecule has 0 spiro atoms. The number of hydrogen-bond donors (Lipinski definition) is 4. The molecule has 0 aromatic heterocycles. The van der Waals surface area contributed by atoms with Crippen molar-refractivity contribution in [2.45, 2.75) is 91.3 Å². The highest BCUT2D eigenvalue weighted by atomic mass is 31.2. The van der Waals surface area contributed by atoms with E-state index in [1.165, 1.54) is 6.40 Å². The second kappa shape index (κ2) is 20.1. The van der Waals surface area contributed by atoms with Crippen molar-refractivity contribution in [1.82, 2.24) is 15.3 Å². The summed E-state index contributed by atoms with van der Waals surface area (Å²) in [4.78, 5) is 28.7. The smallest absolute Gasteiger partial charge is 0.322 e. The Morgan fingerprint density at radius 3 is 1.94 bits per heavy atom. The lowest BCUT2D eigenvalue weighted by Gasteiger charge is -2.36. The van der Waals surface area contributed by atoms with Crippen LogP contribution in [-0.2, 0) is 18.6 Å². The molecule has 0 aromatic carbocycles. The lowest BCUT2D eigenvalue weighted by molar-refractivity contribution is -0.121. The van der Waals surface area contributed by atoms with Crippen molar-refractivity contribution in [3.63, 3.8) is 0 Å². The fourth-order valence-corrected chi connectivity index (χ4v) is 4.51. The van der Waals surface area contributed by atoms with E-state index in [4.69, 9.17) is 11.9 Å². The lowest BCUT2D eigenvalue weighted by atomic mass is 10.2. The lowest BCUT2D eigenvalue weighted by Crippen LogP contribution is -2.42. The molecular formula is C22H45N4O6P. The molecule has 0 radical (unpaired) electrons. The van der Waals surface area contributed by atoms with E-state index in [1.54, 1.807) is 0 Å². The summed E-state index contributed by atoms with van der Waals surface area (Å²) in [6.07, 6.45) is 4.02. The van der Waals surface area contributed by atoms with Crippen LogP contribution in [0, 0.1) is 0 Å². The average molecular weight is 495 g/mol. The standard InChI is InChI=1S/C22H45N4O6P/c1-6-23-17-31-33(26(18(2)3)19(4)5)32-20(15-24-21(29)11-7-9-13-27)16-25-22(30)12-8-10-14-28/h17-20,27-28H,6-16H2,1-5H3,(H,24,29)(H,25,30)/i27D,28D. The fourth-order valence-electron chi connectivity index (χ4n) is 2.94. The number of unbranched alkanes of at least 4 members (excludes halogenated alkanes) is 2. The van der Waals surface area contributed by atoms with E-state index in [0.717, 1.165) is 0 Å². The maximum Gasteiger partial charge on any atom is 0.322 e. The largest absolute Gasteiger partial charge is 0.425 e. The molecule has 1 unspecified atom stereocenters. The molecule has 0 saturated heterocycles. The predicted molar refractivity (Wildman–Crippen MR) is 132 cm³/mol. The maximum absolute atomic E-state index is 12.3. The molecule has 0 aliphatic heterocycles. The molecular weight excluding hydrogens is 447 g/mol. The number of aliphatic hydroxyl groups is 2. The molecule has 0 bridgehead atoms. The molecule has 0 aliphatic rings. The van der Waals surface area contributed by atoms with Crippen LogP contribution in [0.15, 0.2) is 4.99 Å². The van der Waals surface area contributed by atoms with E-state index >= 15 is 0 Å². The summed E-state index contributed by atoms with van der Waals surface area (Å²) in [7, 11) is -1.54. The Kier molecular flexibility index (Phi) is 17.0. The quantitative estimate of drug-likeness (QED) is 0.0786. The molecule has 4 N–H and O–H groups in total. The molecule has 11 heteroatoms. The Bertz CT molecular complexity index is 554. The van der Waals surface area contributed by atoms with Crippen LogP contribution >= 0.6 is 8.53 Å². The number of carbonyl (C=O) groups excluding carboxylic acids is 2. The van der Waals surface area contributed by atoms with Gasteiger partial charge >= 0.3 is 8.53 Å². The third-order valence-corrected chi connectivity index (χ3v) is 6.58. The zero-order valence-electron chi connectivity index (χ0n) is 22.9. The Morgan fingerprint density at radius 2 is 1.52 bits per heavy atom. The molecule has 0 rings (SSSR count). The van der Waals surface area contributed by atoms with Gasteiger partial charge in [-0.05, 0) is 60.3 Å². The number of nitrogens with zero attached hydrogens (tertiary/aromatic N) is 2. The van der Waals surface area contributed by atoms with E-state index in [-0.39, 0.29) is 37.0 Å². The topological polar surface area (TPSA) is 133 Å². The van der Waals surface area contributed by atoms with Crippen LogP contribution in [0.4, 0.5) is 0 Å². The van der Waals surface area contributed by atoms with Gasteiger partial charge in [-0.1, -0.05) is 0 Å². The second-order valence-electron chi connectivity index (χ2n) is 8.17. The van der Waals surface area contributed by atoms with Crippen molar-refractivity contribution in [3.05, 3.63) is 0 Å². The van der Waals surface area contributed by atoms with Crippen LogP contribution in [-0.4, -0.2) is 87.0 Å². The summed E-state index contributed by atoms with van der Waals surface area (Å²) in [5.74, 6) is -0.264. The van der Waals surface area contributed by atoms with E-state index in [2.05, 4.69) is 58.2 Å². The first-order valence-corrected chi connectivity index (χ1v) is 13.0. The van der Waals surface area contributed by atoms with Crippen LogP contribution < -0.4 is 10.6 Å². The molecule has 10 nitrogen and oxygen atoms in total. The Balaban J connectivity index is 5.22. The number of aliphatic imine (C=N–C) groups is 1. The van der Waals surface area contributed by atoms with Crippen molar-refractivity contribution >= 4 is 26.7 Å². The van der Waals surface area contributed by atoms with Crippen LogP contribution in [0.25, 0.3) is 0 Å². The number of rotatable bonds is 22. The summed E-state index contributed by atoms with van der Waals surface area (Å²) in [6.45, 7) is 11.7. The van der Waals surface area contributed by atoms with E-state index in [0.29, 0.717) is 58.3 Å². The van der Waals surface area contributed by atoms with Gasteiger partial charge in [0.2, 0.25) is 14.7 Å². The van der Waals surface area contributed by atoms with E-state index < -0.39 is 14.6 Å². The minimum absolute atomic E-state index is 0.132. The molecule has 33 heavy (non-hydrogen) atoms. The van der Waals surface area contributed by atoms with Gasteiger partial charge in [0.1, 0.15) is 6.10 Å². The van der Waals surface area contributed by atoms with Crippen molar-refractivity contribution in [1.29, 1.82) is 2.86 Å². The van der Waals surface area contributed by atoms with Gasteiger partial charge in [0.05, 0.1) is 0 Å². The first-order chi connectivity index (χ1) is 16.8. The van der Waals surface area contributed by atoms with Gasteiger partial charge in [-0.3, -0.25) is 14.6 Å². The maximum atomic E-state index is 12.3. The van der Waals surface area contributed by atoms with Crippen LogP contribution in [0.3, 0.4) is 0 Å². The van der Waals surface area contributed by atoms with Gasteiger partial charge in [0.15, 0.2) is 6.40 Å². The minimum Gasteiger partial charge on any atom is -0.425 e. The van der Waals surface area contributed by atoms with Crippen molar-refractivity contribution in [2.75, 3.05) is 32.8 Å². The second-order valence-corrected chi connectivity index (χ2v) is 9.53.